The van der Waals surface area contributed by atoms with Crippen LogP contribution in [0.25, 0.3) is 21.3 Å². The Morgan fingerprint density at radius 3 is 2.48 bits per heavy atom. The van der Waals surface area contributed by atoms with Crippen molar-refractivity contribution in [2.75, 3.05) is 11.9 Å². The highest BCUT2D eigenvalue weighted by Gasteiger charge is 2.55. The molecule has 2 bridgehead atoms. The second-order valence-electron chi connectivity index (χ2n) is 12.9. The van der Waals surface area contributed by atoms with E-state index in [0.29, 0.717) is 39.5 Å². The summed E-state index contributed by atoms with van der Waals surface area (Å²) >= 11 is 14.5. The average molecular weight is 624 g/mol. The molecule has 7 nitrogen and oxygen atoms in total. The third-order valence-electron chi connectivity index (χ3n) is 10.2. The van der Waals surface area contributed by atoms with E-state index in [4.69, 9.17) is 27.7 Å². The minimum atomic E-state index is -0.963. The monoisotopic (exact) mass is 622 g/mol. The zero-order valence-electron chi connectivity index (χ0n) is 23.4. The highest BCUT2D eigenvalue weighted by atomic mass is 35.5. The summed E-state index contributed by atoms with van der Waals surface area (Å²) in [5.74, 6) is 0.486. The maximum atomic E-state index is 11.5. The summed E-state index contributed by atoms with van der Waals surface area (Å²) in [5.41, 5.74) is 4.46. The minimum absolute atomic E-state index is 0.157. The summed E-state index contributed by atoms with van der Waals surface area (Å²) < 4.78 is 11.1. The zero-order valence-corrected chi connectivity index (χ0v) is 25.7. The van der Waals surface area contributed by atoms with E-state index in [0.717, 1.165) is 52.1 Å². The van der Waals surface area contributed by atoms with Gasteiger partial charge in [-0.25, -0.2) is 4.79 Å². The minimum Gasteiger partial charge on any atom is -0.476 e. The molecule has 4 fully saturated rings. The van der Waals surface area contributed by atoms with Gasteiger partial charge in [-0.3, -0.25) is 4.90 Å². The quantitative estimate of drug-likeness (QED) is 0.222. The summed E-state index contributed by atoms with van der Waals surface area (Å²) in [6.45, 7) is 0.777. The van der Waals surface area contributed by atoms with Crippen molar-refractivity contribution >= 4 is 56.5 Å². The smallest absolute Gasteiger partial charge is 0.356 e. The zero-order chi connectivity index (χ0) is 28.7. The standard InChI is InChI=1S/C32H32Cl2N4O3S/c1-37(16-23-28(35-41-30(23)17-5-6-17)27-24(33)3-2-4-25(27)34)21-14-32(15-21)12-19-7-8-20(13-32)38(19)18-9-10-22-26(11-18)42-36-29(22)31(39)40/h2-4,9-11,17,19-21H,5-8,12-16H2,1H3,(H,39,40). The predicted octanol–water partition coefficient (Wildman–Crippen LogP) is 8.25. The molecule has 2 saturated heterocycles. The summed E-state index contributed by atoms with van der Waals surface area (Å²) in [6, 6.07) is 13.4. The summed E-state index contributed by atoms with van der Waals surface area (Å²) in [6.07, 6.45) is 9.60. The first-order chi connectivity index (χ1) is 20.3. The number of aromatic carboxylic acids is 1. The molecular formula is C32H32Cl2N4O3S. The van der Waals surface area contributed by atoms with Crippen LogP contribution in [0, 0.1) is 5.41 Å². The van der Waals surface area contributed by atoms with Gasteiger partial charge in [0.15, 0.2) is 5.69 Å². The van der Waals surface area contributed by atoms with Crippen molar-refractivity contribution in [1.82, 2.24) is 14.4 Å². The number of nitrogens with zero attached hydrogens (tertiary/aromatic N) is 4. The van der Waals surface area contributed by atoms with E-state index in [1.807, 2.05) is 24.3 Å². The second kappa shape index (κ2) is 9.94. The average Bonchev–Trinajstić information content (AvgIpc) is 3.47. The molecule has 2 aliphatic carbocycles. The first kappa shape index (κ1) is 26.9. The number of halogens is 2. The van der Waals surface area contributed by atoms with Crippen molar-refractivity contribution in [3.63, 3.8) is 0 Å². The van der Waals surface area contributed by atoms with Crippen molar-refractivity contribution in [2.24, 2.45) is 5.41 Å². The van der Waals surface area contributed by atoms with Gasteiger partial charge in [-0.1, -0.05) is 34.4 Å². The van der Waals surface area contributed by atoms with Gasteiger partial charge in [-0.15, -0.1) is 0 Å². The predicted molar refractivity (Wildman–Crippen MR) is 166 cm³/mol. The number of rotatable bonds is 7. The van der Waals surface area contributed by atoms with Crippen molar-refractivity contribution in [3.8, 4) is 11.3 Å². The lowest BCUT2D eigenvalue weighted by Crippen LogP contribution is -2.57. The number of hydrogen-bond acceptors (Lipinski definition) is 7. The molecule has 10 heteroatoms. The van der Waals surface area contributed by atoms with Crippen molar-refractivity contribution in [3.05, 3.63) is 63.5 Å². The van der Waals surface area contributed by atoms with Gasteiger partial charge in [0, 0.05) is 52.8 Å². The molecule has 1 spiro atoms. The highest BCUT2D eigenvalue weighted by molar-refractivity contribution is 7.13. The molecule has 0 amide bonds. The Balaban J connectivity index is 0.980. The van der Waals surface area contributed by atoms with Crippen LogP contribution in [0.5, 0.6) is 0 Å². The lowest BCUT2D eigenvalue weighted by Gasteiger charge is -2.57. The normalized spacial score (nSPS) is 26.9. The molecule has 2 aromatic carbocycles. The number of fused-ring (bicyclic) bond motifs is 3. The SMILES string of the molecule is CN(Cc1c(-c2c(Cl)cccc2Cl)noc1C1CC1)C1CC2(C1)CC1CCC(C2)N1c1ccc2c(C(=O)O)nsc2c1. The van der Waals surface area contributed by atoms with E-state index >= 15 is 0 Å². The van der Waals surface area contributed by atoms with Crippen LogP contribution in [0.3, 0.4) is 0 Å². The van der Waals surface area contributed by atoms with Gasteiger partial charge < -0.3 is 14.5 Å². The van der Waals surface area contributed by atoms with Crippen molar-refractivity contribution in [1.29, 1.82) is 0 Å². The Hall–Kier alpha value is -2.65. The molecule has 2 unspecified atom stereocenters. The molecule has 1 N–H and O–H groups in total. The van der Waals surface area contributed by atoms with Crippen molar-refractivity contribution in [2.45, 2.75) is 82.0 Å². The second-order valence-corrected chi connectivity index (χ2v) is 14.6. The van der Waals surface area contributed by atoms with Crippen LogP contribution in [0.2, 0.25) is 10.0 Å². The summed E-state index contributed by atoms with van der Waals surface area (Å²) in [5, 5.41) is 15.9. The highest BCUT2D eigenvalue weighted by Crippen LogP contribution is 2.58. The Kier molecular flexibility index (Phi) is 6.38. The Morgan fingerprint density at radius 2 is 1.81 bits per heavy atom. The van der Waals surface area contributed by atoms with Crippen LogP contribution >= 0.6 is 34.7 Å². The number of carboxylic acids is 1. The fourth-order valence-electron chi connectivity index (χ4n) is 8.13. The largest absolute Gasteiger partial charge is 0.476 e. The van der Waals surface area contributed by atoms with Gasteiger partial charge in [-0.2, -0.15) is 4.37 Å². The Labute approximate surface area is 258 Å². The lowest BCUT2D eigenvalue weighted by atomic mass is 9.58. The molecular weight excluding hydrogens is 591 g/mol. The van der Waals surface area contributed by atoms with Gasteiger partial charge in [0.1, 0.15) is 11.5 Å². The Bertz CT molecular complexity index is 1670. The molecule has 4 heterocycles. The molecule has 2 atom stereocenters. The van der Waals surface area contributed by atoms with E-state index in [2.05, 4.69) is 38.5 Å². The van der Waals surface area contributed by atoms with E-state index in [9.17, 15) is 9.90 Å². The number of carbonyl (C=O) groups is 1. The number of carboxylic acid groups (broad SMARTS) is 1. The van der Waals surface area contributed by atoms with Gasteiger partial charge in [0.25, 0.3) is 0 Å². The van der Waals surface area contributed by atoms with Crippen LogP contribution in [0.1, 0.15) is 79.1 Å². The van der Waals surface area contributed by atoms with E-state index in [1.165, 1.54) is 55.7 Å². The molecule has 0 radical (unpaired) electrons. The third kappa shape index (κ3) is 4.36. The van der Waals surface area contributed by atoms with Gasteiger partial charge in [0.2, 0.25) is 0 Å². The molecule has 4 aromatic rings. The van der Waals surface area contributed by atoms with Crippen LogP contribution in [-0.4, -0.2) is 50.7 Å². The Morgan fingerprint density at radius 1 is 1.10 bits per heavy atom. The summed E-state index contributed by atoms with van der Waals surface area (Å²) in [7, 11) is 2.23. The van der Waals surface area contributed by atoms with Crippen molar-refractivity contribution < 1.29 is 14.4 Å². The summed E-state index contributed by atoms with van der Waals surface area (Å²) in [4.78, 5) is 16.6. The molecule has 8 rings (SSSR count). The molecule has 218 valence electrons. The number of hydrogen-bond donors (Lipinski definition) is 1. The van der Waals surface area contributed by atoms with Crippen LogP contribution < -0.4 is 4.90 Å². The maximum Gasteiger partial charge on any atom is 0.356 e. The lowest BCUT2D eigenvalue weighted by molar-refractivity contribution is -0.0198. The van der Waals surface area contributed by atoms with E-state index < -0.39 is 5.97 Å². The maximum absolute atomic E-state index is 11.5. The van der Waals surface area contributed by atoms with Crippen LogP contribution in [0.4, 0.5) is 5.69 Å². The van der Waals surface area contributed by atoms with Gasteiger partial charge in [-0.05, 0) is 106 Å². The first-order valence-electron chi connectivity index (χ1n) is 14.8. The topological polar surface area (TPSA) is 82.7 Å². The van der Waals surface area contributed by atoms with E-state index in [-0.39, 0.29) is 5.69 Å². The number of aromatic nitrogens is 2. The molecule has 2 saturated carbocycles. The van der Waals surface area contributed by atoms with Crippen LogP contribution in [-0.2, 0) is 6.54 Å². The van der Waals surface area contributed by atoms with E-state index in [1.54, 1.807) is 0 Å². The van der Waals surface area contributed by atoms with Crippen LogP contribution in [0.15, 0.2) is 40.9 Å². The fraction of sp³-hybridized carbons (Fsp3) is 0.469. The third-order valence-corrected chi connectivity index (χ3v) is 11.7. The molecule has 42 heavy (non-hydrogen) atoms. The first-order valence-corrected chi connectivity index (χ1v) is 16.4. The van der Waals surface area contributed by atoms with Gasteiger partial charge >= 0.3 is 5.97 Å². The number of benzene rings is 2. The molecule has 2 aromatic heterocycles. The molecule has 2 aliphatic heterocycles. The number of piperidine rings is 1. The van der Waals surface area contributed by atoms with Gasteiger partial charge in [0.05, 0.1) is 14.7 Å². The number of anilines is 1. The molecule has 4 aliphatic rings. The fourth-order valence-corrected chi connectivity index (χ4v) is 9.51.